The van der Waals surface area contributed by atoms with Crippen molar-refractivity contribution in [3.63, 3.8) is 0 Å². The molecule has 0 unspecified atom stereocenters. The zero-order chi connectivity index (χ0) is 23.0. The summed E-state index contributed by atoms with van der Waals surface area (Å²) < 4.78 is 6.70. The number of carbonyl (C=O) groups is 2. The van der Waals surface area contributed by atoms with Gasteiger partial charge in [0.2, 0.25) is 0 Å². The molecule has 7 heteroatoms. The molecule has 32 heavy (non-hydrogen) atoms. The van der Waals surface area contributed by atoms with Crippen LogP contribution in [0.5, 0.6) is 5.75 Å². The fraction of sp³-hybridized carbons (Fsp3) is 0.280. The Kier molecular flexibility index (Phi) is 5.42. The summed E-state index contributed by atoms with van der Waals surface area (Å²) >= 11 is 0. The number of methoxy groups -OCH3 is 1. The van der Waals surface area contributed by atoms with Gasteiger partial charge in [-0.15, -0.1) is 0 Å². The van der Waals surface area contributed by atoms with Gasteiger partial charge in [0.25, 0.3) is 11.5 Å². The lowest BCUT2D eigenvalue weighted by atomic mass is 9.75. The Hall–Kier alpha value is -3.74. The van der Waals surface area contributed by atoms with Crippen LogP contribution in [0, 0.1) is 12.3 Å². The maximum absolute atomic E-state index is 13.6. The largest absolute Gasteiger partial charge is 0.497 e. The number of carbonyl (C=O) groups excluding carboxylic acids is 2. The van der Waals surface area contributed by atoms with Gasteiger partial charge < -0.3 is 10.1 Å². The Morgan fingerprint density at radius 2 is 1.81 bits per heavy atom. The Bertz CT molecular complexity index is 1270. The summed E-state index contributed by atoms with van der Waals surface area (Å²) in [6.07, 6.45) is 2.47. The molecule has 0 bridgehead atoms. The smallest absolute Gasteiger partial charge is 0.268 e. The molecule has 2 heterocycles. The number of pyridine rings is 2. The Balaban J connectivity index is 1.89. The molecular weight excluding hydrogens is 406 g/mol. The number of aryl methyl sites for hydroxylation is 1. The average Bonchev–Trinajstić information content (AvgIpc) is 2.73. The maximum atomic E-state index is 13.6. The zero-order valence-electron chi connectivity index (χ0n) is 18.6. The van der Waals surface area contributed by atoms with Crippen molar-refractivity contribution in [3.8, 4) is 11.4 Å². The topological polar surface area (TPSA) is 90.3 Å². The number of aromatic nitrogens is 2. The molecule has 1 aliphatic rings. The number of nitrogens with zero attached hydrogens (tertiary/aromatic N) is 2. The van der Waals surface area contributed by atoms with E-state index in [0.717, 1.165) is 5.56 Å². The van der Waals surface area contributed by atoms with Crippen molar-refractivity contribution < 1.29 is 14.3 Å². The van der Waals surface area contributed by atoms with Gasteiger partial charge in [-0.25, -0.2) is 4.98 Å². The summed E-state index contributed by atoms with van der Waals surface area (Å²) in [5, 5.41) is 2.68. The monoisotopic (exact) mass is 431 g/mol. The first-order valence-electron chi connectivity index (χ1n) is 10.4. The number of hydrogen-bond acceptors (Lipinski definition) is 5. The van der Waals surface area contributed by atoms with E-state index in [-0.39, 0.29) is 16.8 Å². The predicted molar refractivity (Wildman–Crippen MR) is 122 cm³/mol. The van der Waals surface area contributed by atoms with E-state index < -0.39 is 11.5 Å². The normalized spacial score (nSPS) is 14.6. The molecular formula is C25H25N3O4. The van der Waals surface area contributed by atoms with Crippen LogP contribution >= 0.6 is 0 Å². The molecule has 0 radical (unpaired) electrons. The van der Waals surface area contributed by atoms with Gasteiger partial charge in [-0.1, -0.05) is 13.8 Å². The van der Waals surface area contributed by atoms with Crippen molar-refractivity contribution in [2.24, 2.45) is 5.41 Å². The first-order valence-corrected chi connectivity index (χ1v) is 10.4. The molecule has 1 aliphatic carbocycles. The minimum absolute atomic E-state index is 0.0822. The number of fused-ring (bicyclic) bond motifs is 1. The van der Waals surface area contributed by atoms with Gasteiger partial charge in [0.1, 0.15) is 17.1 Å². The molecule has 7 nitrogen and oxygen atoms in total. The number of amides is 1. The highest BCUT2D eigenvalue weighted by Crippen LogP contribution is 2.35. The minimum Gasteiger partial charge on any atom is -0.497 e. The summed E-state index contributed by atoms with van der Waals surface area (Å²) in [6.45, 7) is 5.88. The summed E-state index contributed by atoms with van der Waals surface area (Å²) in [4.78, 5) is 43.7. The molecule has 0 fully saturated rings. The standard InChI is InChI=1S/C25H25N3O4/c1-15-9-10-26-22(11-15)27-23(30)19-12-18-20(13-25(2,3)14-21(18)29)28(24(19)31)16-5-7-17(32-4)8-6-16/h5-12H,13-14H2,1-4H3,(H,26,27,30). The number of nitrogens with one attached hydrogen (secondary N) is 1. The summed E-state index contributed by atoms with van der Waals surface area (Å²) in [6, 6.07) is 11.9. The van der Waals surface area contributed by atoms with Crippen molar-refractivity contribution in [1.29, 1.82) is 0 Å². The molecule has 0 atom stereocenters. The van der Waals surface area contributed by atoms with Gasteiger partial charge in [0.15, 0.2) is 5.78 Å². The number of ether oxygens (including phenoxy) is 1. The molecule has 0 aliphatic heterocycles. The third-order valence-electron chi connectivity index (χ3n) is 5.62. The molecule has 3 aromatic rings. The summed E-state index contributed by atoms with van der Waals surface area (Å²) in [5.41, 5.74) is 1.64. The van der Waals surface area contributed by atoms with Crippen LogP contribution in [0.4, 0.5) is 5.82 Å². The SMILES string of the molecule is COc1ccc(-n2c3c(cc(C(=O)Nc4cc(C)ccn4)c2=O)C(=O)CC(C)(C)C3)cc1. The van der Waals surface area contributed by atoms with E-state index >= 15 is 0 Å². The van der Waals surface area contributed by atoms with Crippen molar-refractivity contribution >= 4 is 17.5 Å². The van der Waals surface area contributed by atoms with Crippen LogP contribution < -0.4 is 15.6 Å². The fourth-order valence-electron chi connectivity index (χ4n) is 4.07. The lowest BCUT2D eigenvalue weighted by molar-refractivity contribution is 0.0909. The lowest BCUT2D eigenvalue weighted by Crippen LogP contribution is -2.37. The molecule has 4 rings (SSSR count). The van der Waals surface area contributed by atoms with Crippen molar-refractivity contribution in [3.05, 3.63) is 81.4 Å². The van der Waals surface area contributed by atoms with E-state index in [1.807, 2.05) is 26.8 Å². The third-order valence-corrected chi connectivity index (χ3v) is 5.62. The van der Waals surface area contributed by atoms with Gasteiger partial charge in [-0.3, -0.25) is 19.0 Å². The number of rotatable bonds is 4. The third kappa shape index (κ3) is 4.06. The van der Waals surface area contributed by atoms with E-state index in [9.17, 15) is 14.4 Å². The number of Topliss-reactive ketones (excluding diaryl/α,β-unsaturated/α-hetero) is 1. The van der Waals surface area contributed by atoms with Gasteiger partial charge in [0.05, 0.1) is 7.11 Å². The van der Waals surface area contributed by atoms with Crippen LogP contribution in [0.15, 0.2) is 53.5 Å². The fourth-order valence-corrected chi connectivity index (χ4v) is 4.07. The van der Waals surface area contributed by atoms with Gasteiger partial charge in [0, 0.05) is 29.6 Å². The van der Waals surface area contributed by atoms with Crippen LogP contribution in [-0.4, -0.2) is 28.4 Å². The lowest BCUT2D eigenvalue weighted by Gasteiger charge is -2.32. The Labute approximate surface area is 186 Å². The van der Waals surface area contributed by atoms with Crippen molar-refractivity contribution in [2.75, 3.05) is 12.4 Å². The predicted octanol–water partition coefficient (Wildman–Crippen LogP) is 3.96. The minimum atomic E-state index is -0.601. The Morgan fingerprint density at radius 1 is 1.09 bits per heavy atom. The molecule has 1 aromatic carbocycles. The van der Waals surface area contributed by atoms with Crippen LogP contribution in [0.25, 0.3) is 5.69 Å². The highest BCUT2D eigenvalue weighted by atomic mass is 16.5. The number of anilines is 1. The second-order valence-electron chi connectivity index (χ2n) is 8.87. The number of benzene rings is 1. The second-order valence-corrected chi connectivity index (χ2v) is 8.87. The highest BCUT2D eigenvalue weighted by molar-refractivity contribution is 6.06. The van der Waals surface area contributed by atoms with Crippen molar-refractivity contribution in [2.45, 2.75) is 33.6 Å². The van der Waals surface area contributed by atoms with E-state index in [1.165, 1.54) is 10.6 Å². The average molecular weight is 431 g/mol. The van der Waals surface area contributed by atoms with E-state index in [1.54, 1.807) is 43.6 Å². The molecule has 2 aromatic heterocycles. The van der Waals surface area contributed by atoms with E-state index in [4.69, 9.17) is 4.74 Å². The van der Waals surface area contributed by atoms with Crippen LogP contribution in [0.2, 0.25) is 0 Å². The molecule has 1 amide bonds. The number of ketones is 1. The molecule has 0 spiro atoms. The highest BCUT2D eigenvalue weighted by Gasteiger charge is 2.35. The van der Waals surface area contributed by atoms with Crippen LogP contribution in [-0.2, 0) is 6.42 Å². The molecule has 0 saturated heterocycles. The first-order chi connectivity index (χ1) is 15.2. The zero-order valence-corrected chi connectivity index (χ0v) is 18.6. The van der Waals surface area contributed by atoms with Crippen LogP contribution in [0.3, 0.4) is 0 Å². The maximum Gasteiger partial charge on any atom is 0.268 e. The summed E-state index contributed by atoms with van der Waals surface area (Å²) in [5.74, 6) is 0.305. The Morgan fingerprint density at radius 3 is 2.47 bits per heavy atom. The van der Waals surface area contributed by atoms with Crippen molar-refractivity contribution in [1.82, 2.24) is 9.55 Å². The molecule has 164 valence electrons. The van der Waals surface area contributed by atoms with E-state index in [0.29, 0.717) is 41.4 Å². The second kappa shape index (κ2) is 8.07. The quantitative estimate of drug-likeness (QED) is 0.675. The van der Waals surface area contributed by atoms with Gasteiger partial charge in [-0.2, -0.15) is 0 Å². The summed E-state index contributed by atoms with van der Waals surface area (Å²) in [7, 11) is 1.56. The number of hydrogen-bond donors (Lipinski definition) is 1. The first kappa shape index (κ1) is 21.5. The molecule has 1 N–H and O–H groups in total. The van der Waals surface area contributed by atoms with Gasteiger partial charge >= 0.3 is 0 Å². The van der Waals surface area contributed by atoms with Gasteiger partial charge in [-0.05, 0) is 66.8 Å². The van der Waals surface area contributed by atoms with E-state index in [2.05, 4.69) is 10.3 Å². The van der Waals surface area contributed by atoms with Crippen LogP contribution in [0.1, 0.15) is 52.2 Å². The molecule has 0 saturated carbocycles.